The van der Waals surface area contributed by atoms with Crippen LogP contribution in [0.1, 0.15) is 26.7 Å². The van der Waals surface area contributed by atoms with Gasteiger partial charge in [-0.2, -0.15) is 0 Å². The minimum Gasteiger partial charge on any atom is -0.468 e. The summed E-state index contributed by atoms with van der Waals surface area (Å²) in [6, 6.07) is 0. The minimum absolute atomic E-state index is 0.0751. The van der Waals surface area contributed by atoms with E-state index < -0.39 is 5.97 Å². The van der Waals surface area contributed by atoms with E-state index in [1.54, 1.807) is 0 Å². The van der Waals surface area contributed by atoms with Gasteiger partial charge in [0, 0.05) is 6.42 Å². The number of carbonyl (C=O) groups excluding carboxylic acids is 2. The number of carbonyl (C=O) groups is 2. The van der Waals surface area contributed by atoms with Crippen molar-refractivity contribution in [2.24, 2.45) is 17.6 Å². The Morgan fingerprint density at radius 3 is 2.44 bits per heavy atom. The summed E-state index contributed by atoms with van der Waals surface area (Å²) in [5.41, 5.74) is 5.58. The van der Waals surface area contributed by atoms with Crippen LogP contribution in [0.25, 0.3) is 0 Å². The Labute approximate surface area is 96.7 Å². The third-order valence-corrected chi connectivity index (χ3v) is 2.27. The molecule has 0 radical (unpaired) electrons. The van der Waals surface area contributed by atoms with Gasteiger partial charge in [-0.1, -0.05) is 13.8 Å². The molecule has 5 heteroatoms. The highest BCUT2D eigenvalue weighted by Gasteiger charge is 2.14. The zero-order valence-corrected chi connectivity index (χ0v) is 10.3. The number of esters is 1. The molecule has 0 fully saturated rings. The Bertz CT molecular complexity index is 229. The normalized spacial score (nSPS) is 12.3. The van der Waals surface area contributed by atoms with Crippen molar-refractivity contribution >= 4 is 11.9 Å². The maximum absolute atomic E-state index is 11.4. The lowest BCUT2D eigenvalue weighted by Gasteiger charge is -2.16. The molecule has 0 spiro atoms. The van der Waals surface area contributed by atoms with Gasteiger partial charge < -0.3 is 15.8 Å². The SMILES string of the molecule is COC(=O)CNC(=O)CC(CN)CC(C)C. The van der Waals surface area contributed by atoms with Crippen LogP contribution in [0.4, 0.5) is 0 Å². The summed E-state index contributed by atoms with van der Waals surface area (Å²) in [4.78, 5) is 22.2. The molecule has 0 saturated carbocycles. The van der Waals surface area contributed by atoms with E-state index in [1.807, 2.05) is 0 Å². The van der Waals surface area contributed by atoms with Crippen LogP contribution in [0.5, 0.6) is 0 Å². The van der Waals surface area contributed by atoms with Gasteiger partial charge in [-0.05, 0) is 24.8 Å². The smallest absolute Gasteiger partial charge is 0.325 e. The lowest BCUT2D eigenvalue weighted by atomic mass is 9.94. The van der Waals surface area contributed by atoms with Crippen LogP contribution in [-0.2, 0) is 14.3 Å². The molecule has 0 aromatic rings. The van der Waals surface area contributed by atoms with E-state index >= 15 is 0 Å². The lowest BCUT2D eigenvalue weighted by Crippen LogP contribution is -2.33. The highest BCUT2D eigenvalue weighted by molar-refractivity contribution is 5.81. The third kappa shape index (κ3) is 7.23. The van der Waals surface area contributed by atoms with Gasteiger partial charge in [0.1, 0.15) is 6.54 Å². The van der Waals surface area contributed by atoms with Gasteiger partial charge >= 0.3 is 5.97 Å². The van der Waals surface area contributed by atoms with E-state index in [-0.39, 0.29) is 18.4 Å². The van der Waals surface area contributed by atoms with E-state index in [0.29, 0.717) is 18.9 Å². The fourth-order valence-electron chi connectivity index (χ4n) is 1.51. The minimum atomic E-state index is -0.443. The van der Waals surface area contributed by atoms with Gasteiger partial charge in [-0.15, -0.1) is 0 Å². The Balaban J connectivity index is 3.87. The predicted molar refractivity (Wildman–Crippen MR) is 61.6 cm³/mol. The van der Waals surface area contributed by atoms with Crippen LogP contribution in [0.15, 0.2) is 0 Å². The quantitative estimate of drug-likeness (QED) is 0.616. The molecule has 0 aliphatic heterocycles. The Hall–Kier alpha value is -1.10. The molecule has 0 aliphatic carbocycles. The number of hydrogen-bond donors (Lipinski definition) is 2. The molecule has 94 valence electrons. The summed E-state index contributed by atoms with van der Waals surface area (Å²) in [5.74, 6) is 0.0996. The van der Waals surface area contributed by atoms with Crippen LogP contribution in [0.3, 0.4) is 0 Å². The number of amides is 1. The van der Waals surface area contributed by atoms with Crippen molar-refractivity contribution in [3.05, 3.63) is 0 Å². The summed E-state index contributed by atoms with van der Waals surface area (Å²) < 4.78 is 4.42. The van der Waals surface area contributed by atoms with E-state index in [1.165, 1.54) is 7.11 Å². The molecule has 0 bridgehead atoms. The molecular formula is C11H22N2O3. The van der Waals surface area contributed by atoms with Crippen molar-refractivity contribution in [3.63, 3.8) is 0 Å². The first-order valence-corrected chi connectivity index (χ1v) is 5.53. The fourth-order valence-corrected chi connectivity index (χ4v) is 1.51. The van der Waals surface area contributed by atoms with Crippen molar-refractivity contribution in [2.45, 2.75) is 26.7 Å². The third-order valence-electron chi connectivity index (χ3n) is 2.27. The van der Waals surface area contributed by atoms with Gasteiger partial charge in [0.25, 0.3) is 0 Å². The monoisotopic (exact) mass is 230 g/mol. The van der Waals surface area contributed by atoms with Crippen LogP contribution in [0, 0.1) is 11.8 Å². The summed E-state index contributed by atoms with van der Waals surface area (Å²) in [6.45, 7) is 4.60. The second-order valence-corrected chi connectivity index (χ2v) is 4.29. The van der Waals surface area contributed by atoms with Crippen molar-refractivity contribution in [1.82, 2.24) is 5.32 Å². The van der Waals surface area contributed by atoms with Gasteiger partial charge in [-0.3, -0.25) is 9.59 Å². The van der Waals surface area contributed by atoms with Crippen molar-refractivity contribution in [1.29, 1.82) is 0 Å². The fraction of sp³-hybridized carbons (Fsp3) is 0.818. The molecule has 1 atom stereocenters. The first-order chi connectivity index (χ1) is 7.49. The van der Waals surface area contributed by atoms with Crippen molar-refractivity contribution in [3.8, 4) is 0 Å². The highest BCUT2D eigenvalue weighted by atomic mass is 16.5. The first-order valence-electron chi connectivity index (χ1n) is 5.53. The van der Waals surface area contributed by atoms with Gasteiger partial charge in [0.05, 0.1) is 7.11 Å². The maximum Gasteiger partial charge on any atom is 0.325 e. The second kappa shape index (κ2) is 8.10. The highest BCUT2D eigenvalue weighted by Crippen LogP contribution is 2.13. The molecule has 0 aromatic heterocycles. The number of rotatable bonds is 7. The van der Waals surface area contributed by atoms with Crippen molar-refractivity contribution in [2.75, 3.05) is 20.2 Å². The standard InChI is InChI=1S/C11H22N2O3/c1-8(2)4-9(6-12)5-10(14)13-7-11(15)16-3/h8-9H,4-7,12H2,1-3H3,(H,13,14). The summed E-state index contributed by atoms with van der Waals surface area (Å²) in [5, 5.41) is 2.50. The summed E-state index contributed by atoms with van der Waals surface area (Å²) in [6.07, 6.45) is 1.29. The van der Waals surface area contributed by atoms with Crippen LogP contribution >= 0.6 is 0 Å². The second-order valence-electron chi connectivity index (χ2n) is 4.29. The van der Waals surface area contributed by atoms with E-state index in [4.69, 9.17) is 5.73 Å². The zero-order valence-electron chi connectivity index (χ0n) is 10.3. The summed E-state index contributed by atoms with van der Waals surface area (Å²) in [7, 11) is 1.29. The topological polar surface area (TPSA) is 81.4 Å². The van der Waals surface area contributed by atoms with Gasteiger partial charge in [0.2, 0.25) is 5.91 Å². The lowest BCUT2D eigenvalue weighted by molar-refractivity contribution is -0.141. The number of nitrogens with two attached hydrogens (primary N) is 1. The zero-order chi connectivity index (χ0) is 12.6. The Morgan fingerprint density at radius 1 is 1.38 bits per heavy atom. The molecule has 0 aromatic carbocycles. The Kier molecular flexibility index (Phi) is 7.54. The molecule has 16 heavy (non-hydrogen) atoms. The molecule has 1 unspecified atom stereocenters. The number of nitrogens with one attached hydrogen (secondary N) is 1. The van der Waals surface area contributed by atoms with Crippen LogP contribution in [0.2, 0.25) is 0 Å². The number of ether oxygens (including phenoxy) is 1. The van der Waals surface area contributed by atoms with Crippen LogP contribution in [-0.4, -0.2) is 32.1 Å². The molecule has 3 N–H and O–H groups in total. The van der Waals surface area contributed by atoms with E-state index in [0.717, 1.165) is 6.42 Å². The van der Waals surface area contributed by atoms with Crippen LogP contribution < -0.4 is 11.1 Å². The van der Waals surface area contributed by atoms with Gasteiger partial charge in [-0.25, -0.2) is 0 Å². The van der Waals surface area contributed by atoms with Gasteiger partial charge in [0.15, 0.2) is 0 Å². The molecular weight excluding hydrogens is 208 g/mol. The number of methoxy groups -OCH3 is 1. The van der Waals surface area contributed by atoms with Crippen molar-refractivity contribution < 1.29 is 14.3 Å². The molecule has 0 heterocycles. The molecule has 1 amide bonds. The molecule has 0 rings (SSSR count). The predicted octanol–water partition coefficient (Wildman–Crippen LogP) is 0.287. The maximum atomic E-state index is 11.4. The van der Waals surface area contributed by atoms with E-state index in [2.05, 4.69) is 23.9 Å². The number of hydrogen-bond acceptors (Lipinski definition) is 4. The molecule has 5 nitrogen and oxygen atoms in total. The molecule has 0 aliphatic rings. The van der Waals surface area contributed by atoms with E-state index in [9.17, 15) is 9.59 Å². The summed E-state index contributed by atoms with van der Waals surface area (Å²) >= 11 is 0. The average molecular weight is 230 g/mol. The largest absolute Gasteiger partial charge is 0.468 e. The average Bonchev–Trinajstić information content (AvgIpc) is 2.24. The molecule has 0 saturated heterocycles. The Morgan fingerprint density at radius 2 is 2.00 bits per heavy atom. The first kappa shape index (κ1) is 14.9.